The summed E-state index contributed by atoms with van der Waals surface area (Å²) < 4.78 is 32.1. The maximum Gasteiger partial charge on any atom is 0.267 e. The Hall–Kier alpha value is -1.87. The van der Waals surface area contributed by atoms with Gasteiger partial charge in [0.1, 0.15) is 10.6 Å². The zero-order valence-corrected chi connectivity index (χ0v) is 18.3. The lowest BCUT2D eigenvalue weighted by Crippen LogP contribution is -2.40. The number of halogens is 1. The van der Waals surface area contributed by atoms with Gasteiger partial charge in [-0.15, -0.1) is 0 Å². The average molecular weight is 452 g/mol. The van der Waals surface area contributed by atoms with Crippen molar-refractivity contribution >= 4 is 27.5 Å². The SMILES string of the molecule is O=C(NCC1(c2ccc(Cl)cc2)CCCC1)c1cc(S(=O)(=O)N2CCOCC2)c[nH]1. The molecule has 162 valence electrons. The van der Waals surface area contributed by atoms with Gasteiger partial charge in [0.05, 0.1) is 13.2 Å². The van der Waals surface area contributed by atoms with Crippen LogP contribution in [0.1, 0.15) is 41.7 Å². The van der Waals surface area contributed by atoms with E-state index in [2.05, 4.69) is 10.3 Å². The molecule has 0 bridgehead atoms. The van der Waals surface area contributed by atoms with Gasteiger partial charge < -0.3 is 15.0 Å². The molecule has 4 rings (SSSR count). The number of H-pyrrole nitrogens is 1. The number of benzene rings is 1. The van der Waals surface area contributed by atoms with Crippen LogP contribution in [0.2, 0.25) is 5.02 Å². The minimum absolute atomic E-state index is 0.0998. The summed E-state index contributed by atoms with van der Waals surface area (Å²) in [5.74, 6) is -0.307. The maximum absolute atomic E-state index is 12.8. The highest BCUT2D eigenvalue weighted by atomic mass is 35.5. The summed E-state index contributed by atoms with van der Waals surface area (Å²) in [5, 5.41) is 3.70. The number of sulfonamides is 1. The summed E-state index contributed by atoms with van der Waals surface area (Å²) in [6.45, 7) is 1.89. The van der Waals surface area contributed by atoms with Gasteiger partial charge in [0.2, 0.25) is 10.0 Å². The first-order chi connectivity index (χ1) is 14.4. The van der Waals surface area contributed by atoms with Gasteiger partial charge in [-0.05, 0) is 36.6 Å². The molecule has 2 aliphatic rings. The number of rotatable bonds is 6. The zero-order chi connectivity index (χ0) is 21.2. The van der Waals surface area contributed by atoms with Crippen LogP contribution < -0.4 is 5.32 Å². The Morgan fingerprint density at radius 2 is 1.83 bits per heavy atom. The predicted molar refractivity (Wildman–Crippen MR) is 114 cm³/mol. The molecule has 1 aliphatic carbocycles. The molecule has 2 heterocycles. The standard InChI is InChI=1S/C21H26ClN3O4S/c22-17-5-3-16(4-6-17)21(7-1-2-8-21)15-24-20(26)19-13-18(14-23-19)30(27,28)25-9-11-29-12-10-25/h3-6,13-14,23H,1-2,7-12,15H2,(H,24,26). The van der Waals surface area contributed by atoms with E-state index in [1.807, 2.05) is 24.3 Å². The van der Waals surface area contributed by atoms with Crippen LogP contribution in [-0.2, 0) is 20.2 Å². The smallest absolute Gasteiger partial charge is 0.267 e. The van der Waals surface area contributed by atoms with Crippen molar-refractivity contribution < 1.29 is 17.9 Å². The van der Waals surface area contributed by atoms with E-state index in [4.69, 9.17) is 16.3 Å². The normalized spacial score (nSPS) is 19.6. The number of amides is 1. The van der Waals surface area contributed by atoms with Crippen molar-refractivity contribution in [1.82, 2.24) is 14.6 Å². The van der Waals surface area contributed by atoms with Gasteiger partial charge in [0.15, 0.2) is 0 Å². The van der Waals surface area contributed by atoms with Gasteiger partial charge in [-0.3, -0.25) is 4.79 Å². The Bertz CT molecular complexity index is 992. The summed E-state index contributed by atoms with van der Waals surface area (Å²) in [7, 11) is -3.63. The van der Waals surface area contributed by atoms with E-state index < -0.39 is 10.0 Å². The predicted octanol–water partition coefficient (Wildman–Crippen LogP) is 2.93. The van der Waals surface area contributed by atoms with E-state index in [1.54, 1.807) is 0 Å². The molecule has 0 atom stereocenters. The summed E-state index contributed by atoms with van der Waals surface area (Å²) in [6, 6.07) is 9.23. The number of morpholine rings is 1. The van der Waals surface area contributed by atoms with E-state index in [0.29, 0.717) is 37.9 Å². The molecule has 2 N–H and O–H groups in total. The number of nitrogens with zero attached hydrogens (tertiary/aromatic N) is 1. The van der Waals surface area contributed by atoms with Crippen LogP contribution in [0.5, 0.6) is 0 Å². The van der Waals surface area contributed by atoms with Gasteiger partial charge in [-0.1, -0.05) is 36.6 Å². The Balaban J connectivity index is 1.46. The Morgan fingerprint density at radius 3 is 2.50 bits per heavy atom. The highest BCUT2D eigenvalue weighted by Gasteiger charge is 2.36. The molecular formula is C21H26ClN3O4S. The van der Waals surface area contributed by atoms with Crippen molar-refractivity contribution in [1.29, 1.82) is 0 Å². The molecule has 0 spiro atoms. The van der Waals surface area contributed by atoms with Crippen molar-refractivity contribution in [3.63, 3.8) is 0 Å². The third kappa shape index (κ3) is 4.27. The fourth-order valence-corrected chi connectivity index (χ4v) is 5.89. The quantitative estimate of drug-likeness (QED) is 0.706. The molecular weight excluding hydrogens is 426 g/mol. The van der Waals surface area contributed by atoms with Crippen molar-refractivity contribution in [2.24, 2.45) is 0 Å². The minimum atomic E-state index is -3.63. The highest BCUT2D eigenvalue weighted by Crippen LogP contribution is 2.41. The van der Waals surface area contributed by atoms with Crippen molar-refractivity contribution in [3.8, 4) is 0 Å². The molecule has 1 aromatic carbocycles. The number of carbonyl (C=O) groups excluding carboxylic acids is 1. The van der Waals surface area contributed by atoms with Crippen LogP contribution in [-0.4, -0.2) is 56.5 Å². The average Bonchev–Trinajstić information content (AvgIpc) is 3.44. The Morgan fingerprint density at radius 1 is 1.17 bits per heavy atom. The second-order valence-corrected chi connectivity index (χ2v) is 10.3. The summed E-state index contributed by atoms with van der Waals surface area (Å²) in [4.78, 5) is 15.7. The van der Waals surface area contributed by atoms with Gasteiger partial charge in [0, 0.05) is 36.3 Å². The van der Waals surface area contributed by atoms with Gasteiger partial charge in [-0.2, -0.15) is 4.31 Å². The summed E-state index contributed by atoms with van der Waals surface area (Å²) >= 11 is 6.03. The largest absolute Gasteiger partial charge is 0.379 e. The first kappa shape index (κ1) is 21.4. The molecule has 2 aromatic rings. The Kier molecular flexibility index (Phi) is 6.20. The number of aromatic amines is 1. The topological polar surface area (TPSA) is 91.5 Å². The lowest BCUT2D eigenvalue weighted by molar-refractivity contribution is 0.0730. The van der Waals surface area contributed by atoms with E-state index in [-0.39, 0.29) is 21.9 Å². The van der Waals surface area contributed by atoms with Gasteiger partial charge >= 0.3 is 0 Å². The number of hydrogen-bond acceptors (Lipinski definition) is 4. The number of aromatic nitrogens is 1. The Labute approximate surface area is 181 Å². The number of hydrogen-bond donors (Lipinski definition) is 2. The third-order valence-corrected chi connectivity index (χ3v) is 8.24. The fraction of sp³-hybridized carbons (Fsp3) is 0.476. The molecule has 9 heteroatoms. The van der Waals surface area contributed by atoms with Crippen LogP contribution in [0.15, 0.2) is 41.4 Å². The molecule has 30 heavy (non-hydrogen) atoms. The van der Waals surface area contributed by atoms with E-state index in [1.165, 1.54) is 22.1 Å². The van der Waals surface area contributed by atoms with Crippen LogP contribution in [0.3, 0.4) is 0 Å². The fourth-order valence-electron chi connectivity index (χ4n) is 4.36. The number of ether oxygens (including phenoxy) is 1. The summed E-state index contributed by atoms with van der Waals surface area (Å²) in [5.41, 5.74) is 1.30. The molecule has 0 radical (unpaired) electrons. The van der Waals surface area contributed by atoms with E-state index in [0.717, 1.165) is 25.7 Å². The van der Waals surface area contributed by atoms with Crippen LogP contribution in [0.25, 0.3) is 0 Å². The van der Waals surface area contributed by atoms with Crippen LogP contribution in [0, 0.1) is 0 Å². The molecule has 0 unspecified atom stereocenters. The monoisotopic (exact) mass is 451 g/mol. The van der Waals surface area contributed by atoms with Crippen molar-refractivity contribution in [2.45, 2.75) is 36.0 Å². The molecule has 1 saturated heterocycles. The zero-order valence-electron chi connectivity index (χ0n) is 16.7. The van der Waals surface area contributed by atoms with Crippen LogP contribution in [0.4, 0.5) is 0 Å². The van der Waals surface area contributed by atoms with Crippen molar-refractivity contribution in [2.75, 3.05) is 32.8 Å². The summed E-state index contributed by atoms with van der Waals surface area (Å²) in [6.07, 6.45) is 5.60. The lowest BCUT2D eigenvalue weighted by Gasteiger charge is -2.30. The third-order valence-electron chi connectivity index (χ3n) is 6.11. The second-order valence-electron chi connectivity index (χ2n) is 7.94. The molecule has 1 saturated carbocycles. The molecule has 7 nitrogen and oxygen atoms in total. The first-order valence-electron chi connectivity index (χ1n) is 10.2. The maximum atomic E-state index is 12.8. The molecule has 1 aromatic heterocycles. The second kappa shape index (κ2) is 8.70. The number of carbonyl (C=O) groups is 1. The number of nitrogens with one attached hydrogen (secondary N) is 2. The van der Waals surface area contributed by atoms with Crippen molar-refractivity contribution in [3.05, 3.63) is 52.8 Å². The highest BCUT2D eigenvalue weighted by molar-refractivity contribution is 7.89. The van der Waals surface area contributed by atoms with Gasteiger partial charge in [-0.25, -0.2) is 8.42 Å². The van der Waals surface area contributed by atoms with Crippen LogP contribution >= 0.6 is 11.6 Å². The molecule has 1 amide bonds. The first-order valence-corrected chi connectivity index (χ1v) is 12.0. The molecule has 2 fully saturated rings. The minimum Gasteiger partial charge on any atom is -0.379 e. The van der Waals surface area contributed by atoms with E-state index in [9.17, 15) is 13.2 Å². The molecule has 1 aliphatic heterocycles. The van der Waals surface area contributed by atoms with Gasteiger partial charge in [0.25, 0.3) is 5.91 Å². The van der Waals surface area contributed by atoms with E-state index >= 15 is 0 Å². The lowest BCUT2D eigenvalue weighted by atomic mass is 9.79.